The van der Waals surface area contributed by atoms with Crippen LogP contribution in [-0.2, 0) is 6.54 Å². The average Bonchev–Trinajstić information content (AvgIpc) is 2.49. The van der Waals surface area contributed by atoms with Crippen molar-refractivity contribution in [3.05, 3.63) is 30.1 Å². The van der Waals surface area contributed by atoms with E-state index in [0.29, 0.717) is 0 Å². The minimum Gasteiger partial charge on any atom is -0.346 e. The number of nitrogens with zero attached hydrogens (tertiary/aromatic N) is 2. The average molecular weight is 160 g/mol. The predicted octanol–water partition coefficient (Wildman–Crippen LogP) is 2.36. The Kier molecular flexibility index (Phi) is 1.61. The Morgan fingerprint density at radius 2 is 2.25 bits per heavy atom. The summed E-state index contributed by atoms with van der Waals surface area (Å²) in [7, 11) is 0. The Balaban J connectivity index is 2.83. The lowest BCUT2D eigenvalue weighted by Crippen LogP contribution is -1.93. The molecule has 12 heavy (non-hydrogen) atoms. The molecule has 0 aliphatic rings. The van der Waals surface area contributed by atoms with Crippen LogP contribution in [-0.4, -0.2) is 9.55 Å². The lowest BCUT2D eigenvalue weighted by atomic mass is 10.2. The van der Waals surface area contributed by atoms with E-state index in [0.717, 1.165) is 12.1 Å². The van der Waals surface area contributed by atoms with Gasteiger partial charge in [-0.2, -0.15) is 0 Å². The number of rotatable bonds is 1. The molecule has 2 heterocycles. The van der Waals surface area contributed by atoms with Crippen LogP contribution in [0.15, 0.2) is 24.5 Å². The number of aromatic nitrogens is 2. The van der Waals surface area contributed by atoms with E-state index < -0.39 is 0 Å². The first-order valence-corrected chi connectivity index (χ1v) is 4.23. The summed E-state index contributed by atoms with van der Waals surface area (Å²) in [5.74, 6) is 0. The van der Waals surface area contributed by atoms with Gasteiger partial charge in [0.2, 0.25) is 0 Å². The molecule has 0 spiro atoms. The fraction of sp³-hybridized carbons (Fsp3) is 0.300. The highest BCUT2D eigenvalue weighted by Crippen LogP contribution is 2.16. The van der Waals surface area contributed by atoms with Crippen molar-refractivity contribution < 1.29 is 0 Å². The molecule has 0 aromatic carbocycles. The van der Waals surface area contributed by atoms with Crippen molar-refractivity contribution in [1.29, 1.82) is 0 Å². The first-order valence-electron chi connectivity index (χ1n) is 4.23. The molecule has 2 rings (SSSR count). The second-order valence-corrected chi connectivity index (χ2v) is 2.96. The maximum atomic E-state index is 4.29. The van der Waals surface area contributed by atoms with E-state index in [-0.39, 0.29) is 0 Å². The van der Waals surface area contributed by atoms with Crippen LogP contribution in [0, 0.1) is 6.92 Å². The van der Waals surface area contributed by atoms with Crippen LogP contribution in [0.5, 0.6) is 0 Å². The summed E-state index contributed by atoms with van der Waals surface area (Å²) >= 11 is 0. The van der Waals surface area contributed by atoms with Gasteiger partial charge in [0.1, 0.15) is 0 Å². The molecular formula is C10H12N2. The van der Waals surface area contributed by atoms with Crippen LogP contribution >= 0.6 is 0 Å². The summed E-state index contributed by atoms with van der Waals surface area (Å²) in [5.41, 5.74) is 3.66. The van der Waals surface area contributed by atoms with E-state index in [4.69, 9.17) is 0 Å². The molecule has 0 saturated heterocycles. The molecule has 0 radical (unpaired) electrons. The molecule has 0 saturated carbocycles. The largest absolute Gasteiger partial charge is 0.346 e. The molecule has 0 N–H and O–H groups in total. The molecule has 0 amide bonds. The Morgan fingerprint density at radius 3 is 3.00 bits per heavy atom. The smallest absolute Gasteiger partial charge is 0.0883 e. The molecule has 0 aliphatic carbocycles. The summed E-state index contributed by atoms with van der Waals surface area (Å²) in [6.45, 7) is 5.28. The van der Waals surface area contributed by atoms with Crippen molar-refractivity contribution in [1.82, 2.24) is 9.55 Å². The van der Waals surface area contributed by atoms with Gasteiger partial charge >= 0.3 is 0 Å². The molecule has 2 heteroatoms. The van der Waals surface area contributed by atoms with Gasteiger partial charge in [-0.15, -0.1) is 0 Å². The number of fused-ring (bicyclic) bond motifs is 1. The summed E-state index contributed by atoms with van der Waals surface area (Å²) in [4.78, 5) is 4.29. The maximum absolute atomic E-state index is 4.29. The summed E-state index contributed by atoms with van der Waals surface area (Å²) < 4.78 is 2.22. The number of aryl methyl sites for hydroxylation is 2. The van der Waals surface area contributed by atoms with Crippen molar-refractivity contribution in [2.24, 2.45) is 0 Å². The van der Waals surface area contributed by atoms with Gasteiger partial charge in [-0.3, -0.25) is 4.98 Å². The quantitative estimate of drug-likeness (QED) is 0.626. The Labute approximate surface area is 71.8 Å². The molecule has 0 atom stereocenters. The highest BCUT2D eigenvalue weighted by molar-refractivity contribution is 5.78. The highest BCUT2D eigenvalue weighted by Gasteiger charge is 2.01. The van der Waals surface area contributed by atoms with Crippen LogP contribution in [0.3, 0.4) is 0 Å². The topological polar surface area (TPSA) is 17.8 Å². The minimum atomic E-state index is 1.01. The fourth-order valence-corrected chi connectivity index (χ4v) is 1.57. The van der Waals surface area contributed by atoms with Crippen molar-refractivity contribution in [2.45, 2.75) is 20.4 Å². The van der Waals surface area contributed by atoms with Gasteiger partial charge < -0.3 is 4.57 Å². The van der Waals surface area contributed by atoms with Gasteiger partial charge in [0, 0.05) is 18.9 Å². The van der Waals surface area contributed by atoms with Crippen molar-refractivity contribution in [2.75, 3.05) is 0 Å². The molecule has 0 unspecified atom stereocenters. The summed E-state index contributed by atoms with van der Waals surface area (Å²) in [6.07, 6.45) is 3.95. The first-order chi connectivity index (χ1) is 5.83. The third-order valence-electron chi connectivity index (χ3n) is 2.19. The van der Waals surface area contributed by atoms with Gasteiger partial charge in [-0.05, 0) is 31.5 Å². The monoisotopic (exact) mass is 160 g/mol. The second kappa shape index (κ2) is 2.63. The molecule has 0 aliphatic heterocycles. The van der Waals surface area contributed by atoms with Crippen LogP contribution in [0.25, 0.3) is 11.0 Å². The molecule has 0 bridgehead atoms. The van der Waals surface area contributed by atoms with E-state index >= 15 is 0 Å². The van der Waals surface area contributed by atoms with Crippen molar-refractivity contribution in [3.8, 4) is 0 Å². The predicted molar refractivity (Wildman–Crippen MR) is 50.1 cm³/mol. The number of pyridine rings is 1. The first kappa shape index (κ1) is 7.35. The summed E-state index contributed by atoms with van der Waals surface area (Å²) in [6, 6.07) is 4.11. The molecular weight excluding hydrogens is 148 g/mol. The molecule has 2 aromatic heterocycles. The van der Waals surface area contributed by atoms with E-state index in [1.165, 1.54) is 11.1 Å². The van der Waals surface area contributed by atoms with Crippen molar-refractivity contribution >= 4 is 11.0 Å². The molecule has 2 aromatic rings. The Bertz CT molecular complexity index is 401. The fourth-order valence-electron chi connectivity index (χ4n) is 1.57. The van der Waals surface area contributed by atoms with E-state index in [1.54, 1.807) is 0 Å². The van der Waals surface area contributed by atoms with Gasteiger partial charge in [0.25, 0.3) is 0 Å². The van der Waals surface area contributed by atoms with Crippen molar-refractivity contribution in [3.63, 3.8) is 0 Å². The van der Waals surface area contributed by atoms with E-state index in [1.807, 2.05) is 6.20 Å². The Hall–Kier alpha value is -1.31. The lowest BCUT2D eigenvalue weighted by molar-refractivity contribution is 0.795. The van der Waals surface area contributed by atoms with Gasteiger partial charge in [0.15, 0.2) is 0 Å². The van der Waals surface area contributed by atoms with E-state index in [9.17, 15) is 0 Å². The normalized spacial score (nSPS) is 10.8. The SMILES string of the molecule is CCn1ccc2nccc(C)c21. The second-order valence-electron chi connectivity index (χ2n) is 2.96. The maximum Gasteiger partial charge on any atom is 0.0883 e. The standard InChI is InChI=1S/C10H12N2/c1-3-12-7-5-9-10(12)8(2)4-6-11-9/h4-7H,3H2,1-2H3. The molecule has 2 nitrogen and oxygen atoms in total. The number of hydrogen-bond donors (Lipinski definition) is 0. The molecule has 0 fully saturated rings. The third-order valence-corrected chi connectivity index (χ3v) is 2.19. The van der Waals surface area contributed by atoms with Crippen LogP contribution in [0.4, 0.5) is 0 Å². The van der Waals surface area contributed by atoms with Gasteiger partial charge in [0.05, 0.1) is 11.0 Å². The third kappa shape index (κ3) is 0.916. The lowest BCUT2D eigenvalue weighted by Gasteiger charge is -2.02. The minimum absolute atomic E-state index is 1.01. The highest BCUT2D eigenvalue weighted by atomic mass is 15.0. The Morgan fingerprint density at radius 1 is 1.42 bits per heavy atom. The van der Waals surface area contributed by atoms with Crippen LogP contribution in [0.2, 0.25) is 0 Å². The van der Waals surface area contributed by atoms with Crippen LogP contribution in [0.1, 0.15) is 12.5 Å². The van der Waals surface area contributed by atoms with Gasteiger partial charge in [-0.1, -0.05) is 0 Å². The van der Waals surface area contributed by atoms with Gasteiger partial charge in [-0.25, -0.2) is 0 Å². The zero-order valence-corrected chi connectivity index (χ0v) is 7.41. The number of hydrogen-bond acceptors (Lipinski definition) is 1. The summed E-state index contributed by atoms with van der Waals surface area (Å²) in [5, 5.41) is 0. The molecule has 62 valence electrons. The van der Waals surface area contributed by atoms with E-state index in [2.05, 4.69) is 41.7 Å². The van der Waals surface area contributed by atoms with Crippen LogP contribution < -0.4 is 0 Å². The zero-order valence-electron chi connectivity index (χ0n) is 7.41. The zero-order chi connectivity index (χ0) is 8.55.